The van der Waals surface area contributed by atoms with Crippen LogP contribution >= 0.6 is 0 Å². The van der Waals surface area contributed by atoms with Crippen LogP contribution in [0.5, 0.6) is 0 Å². The summed E-state index contributed by atoms with van der Waals surface area (Å²) in [4.78, 5) is 23.2. The quantitative estimate of drug-likeness (QED) is 0.849. The maximum absolute atomic E-state index is 12.2. The van der Waals surface area contributed by atoms with Gasteiger partial charge >= 0.3 is 5.97 Å². The minimum atomic E-state index is -1.03. The van der Waals surface area contributed by atoms with Gasteiger partial charge in [0.25, 0.3) is 5.91 Å². The summed E-state index contributed by atoms with van der Waals surface area (Å²) in [5.41, 5.74) is 1.20. The molecule has 1 fully saturated rings. The summed E-state index contributed by atoms with van der Waals surface area (Å²) in [7, 11) is 0. The number of nitrogens with zero attached hydrogens (tertiary/aromatic N) is 2. The Bertz CT molecular complexity index is 520. The molecule has 2 rings (SSSR count). The molecule has 1 unspecified atom stereocenters. The van der Waals surface area contributed by atoms with Crippen LogP contribution in [0.1, 0.15) is 48.3 Å². The fraction of sp³-hybridized carbons (Fsp3) is 0.643. The van der Waals surface area contributed by atoms with Gasteiger partial charge in [0.1, 0.15) is 6.04 Å². The summed E-state index contributed by atoms with van der Waals surface area (Å²) in [6.45, 7) is 4.95. The maximum Gasteiger partial charge on any atom is 0.326 e. The van der Waals surface area contributed by atoms with Crippen LogP contribution in [-0.2, 0) is 9.53 Å². The lowest BCUT2D eigenvalue weighted by Gasteiger charge is -2.23. The van der Waals surface area contributed by atoms with Crippen molar-refractivity contribution in [2.45, 2.75) is 45.2 Å². The van der Waals surface area contributed by atoms with E-state index in [0.717, 1.165) is 18.5 Å². The van der Waals surface area contributed by atoms with Gasteiger partial charge in [-0.1, -0.05) is 6.92 Å². The number of rotatable bonds is 5. The van der Waals surface area contributed by atoms with Crippen molar-refractivity contribution in [1.29, 1.82) is 0 Å². The van der Waals surface area contributed by atoms with E-state index in [0.29, 0.717) is 25.2 Å². The first-order chi connectivity index (χ1) is 10.0. The summed E-state index contributed by atoms with van der Waals surface area (Å²) >= 11 is 0. The van der Waals surface area contributed by atoms with Gasteiger partial charge in [0.2, 0.25) is 0 Å². The van der Waals surface area contributed by atoms with Crippen molar-refractivity contribution in [2.75, 3.05) is 13.2 Å². The molecule has 1 aromatic rings. The van der Waals surface area contributed by atoms with Gasteiger partial charge in [-0.05, 0) is 26.2 Å². The SMILES string of the molecule is CCC(NC(=O)c1cnn(C2CCOCC2)c1C)C(=O)O. The van der Waals surface area contributed by atoms with Crippen molar-refractivity contribution in [1.82, 2.24) is 15.1 Å². The van der Waals surface area contributed by atoms with Crippen LogP contribution in [0.3, 0.4) is 0 Å². The zero-order valence-corrected chi connectivity index (χ0v) is 12.3. The summed E-state index contributed by atoms with van der Waals surface area (Å²) in [5.74, 6) is -1.42. The minimum Gasteiger partial charge on any atom is -0.480 e. The van der Waals surface area contributed by atoms with Gasteiger partial charge in [0, 0.05) is 18.9 Å². The Labute approximate surface area is 123 Å². The number of hydrogen-bond acceptors (Lipinski definition) is 4. The average molecular weight is 295 g/mol. The molecule has 1 atom stereocenters. The summed E-state index contributed by atoms with van der Waals surface area (Å²) < 4.78 is 7.17. The standard InChI is InChI=1S/C14H21N3O4/c1-3-12(14(19)20)16-13(18)11-8-15-17(9(11)2)10-4-6-21-7-5-10/h8,10,12H,3-7H2,1-2H3,(H,16,18)(H,19,20). The first kappa shape index (κ1) is 15.5. The Kier molecular flexibility index (Phi) is 4.95. The predicted molar refractivity (Wildman–Crippen MR) is 75.2 cm³/mol. The normalized spacial score (nSPS) is 17.4. The number of hydrogen-bond donors (Lipinski definition) is 2. The number of carbonyl (C=O) groups is 2. The van der Waals surface area contributed by atoms with Gasteiger partial charge in [-0.15, -0.1) is 0 Å². The molecular weight excluding hydrogens is 274 g/mol. The third-order valence-electron chi connectivity index (χ3n) is 3.84. The first-order valence-corrected chi connectivity index (χ1v) is 7.20. The number of ether oxygens (including phenoxy) is 1. The molecule has 1 aliphatic rings. The van der Waals surface area contributed by atoms with Gasteiger partial charge in [-0.25, -0.2) is 4.79 Å². The van der Waals surface area contributed by atoms with Crippen LogP contribution in [0.4, 0.5) is 0 Å². The van der Waals surface area contributed by atoms with E-state index in [-0.39, 0.29) is 11.9 Å². The van der Waals surface area contributed by atoms with Crippen LogP contribution < -0.4 is 5.32 Å². The molecule has 7 heteroatoms. The predicted octanol–water partition coefficient (Wildman–Crippen LogP) is 1.14. The van der Waals surface area contributed by atoms with Crippen LogP contribution in [0.25, 0.3) is 0 Å². The smallest absolute Gasteiger partial charge is 0.326 e. The van der Waals surface area contributed by atoms with E-state index < -0.39 is 12.0 Å². The van der Waals surface area contributed by atoms with Gasteiger partial charge in [0.15, 0.2) is 0 Å². The molecule has 1 saturated heterocycles. The van der Waals surface area contributed by atoms with Crippen molar-refractivity contribution < 1.29 is 19.4 Å². The molecule has 0 aromatic carbocycles. The molecule has 0 spiro atoms. The number of amides is 1. The molecule has 7 nitrogen and oxygen atoms in total. The second kappa shape index (κ2) is 6.71. The Morgan fingerprint density at radius 3 is 2.76 bits per heavy atom. The second-order valence-corrected chi connectivity index (χ2v) is 5.20. The molecule has 1 amide bonds. The van der Waals surface area contributed by atoms with Crippen LogP contribution in [0, 0.1) is 6.92 Å². The van der Waals surface area contributed by atoms with Crippen LogP contribution in [0.15, 0.2) is 6.20 Å². The largest absolute Gasteiger partial charge is 0.480 e. The third kappa shape index (κ3) is 3.41. The van der Waals surface area contributed by atoms with Crippen LogP contribution in [-0.4, -0.2) is 46.0 Å². The van der Waals surface area contributed by atoms with Crippen molar-refractivity contribution in [3.05, 3.63) is 17.5 Å². The van der Waals surface area contributed by atoms with Crippen molar-refractivity contribution in [3.63, 3.8) is 0 Å². The number of aliphatic carboxylic acids is 1. The molecule has 1 aromatic heterocycles. The molecular formula is C14H21N3O4. The third-order valence-corrected chi connectivity index (χ3v) is 3.84. The van der Waals surface area contributed by atoms with Gasteiger partial charge < -0.3 is 15.2 Å². The fourth-order valence-corrected chi connectivity index (χ4v) is 2.52. The van der Waals surface area contributed by atoms with Crippen LogP contribution in [0.2, 0.25) is 0 Å². The van der Waals surface area contributed by atoms with Crippen molar-refractivity contribution in [2.24, 2.45) is 0 Å². The highest BCUT2D eigenvalue weighted by Crippen LogP contribution is 2.23. The monoisotopic (exact) mass is 295 g/mol. The lowest BCUT2D eigenvalue weighted by molar-refractivity contribution is -0.139. The van der Waals surface area contributed by atoms with Gasteiger partial charge in [-0.3, -0.25) is 9.48 Å². The molecule has 0 saturated carbocycles. The molecule has 0 aliphatic carbocycles. The highest BCUT2D eigenvalue weighted by Gasteiger charge is 2.24. The molecule has 0 bridgehead atoms. The van der Waals surface area contributed by atoms with E-state index in [1.165, 1.54) is 6.20 Å². The van der Waals surface area contributed by atoms with E-state index in [1.54, 1.807) is 6.92 Å². The molecule has 21 heavy (non-hydrogen) atoms. The average Bonchev–Trinajstić information content (AvgIpc) is 2.87. The fourth-order valence-electron chi connectivity index (χ4n) is 2.52. The maximum atomic E-state index is 12.2. The Balaban J connectivity index is 2.11. The second-order valence-electron chi connectivity index (χ2n) is 5.20. The zero-order chi connectivity index (χ0) is 15.4. The zero-order valence-electron chi connectivity index (χ0n) is 12.3. The van der Waals surface area contributed by atoms with E-state index in [2.05, 4.69) is 10.4 Å². The molecule has 2 N–H and O–H groups in total. The van der Waals surface area contributed by atoms with E-state index in [9.17, 15) is 9.59 Å². The summed E-state index contributed by atoms with van der Waals surface area (Å²) in [6, 6.07) is -0.634. The lowest BCUT2D eigenvalue weighted by Crippen LogP contribution is -2.40. The first-order valence-electron chi connectivity index (χ1n) is 7.20. The van der Waals surface area contributed by atoms with Crippen molar-refractivity contribution >= 4 is 11.9 Å². The number of nitrogens with one attached hydrogen (secondary N) is 1. The van der Waals surface area contributed by atoms with Gasteiger partial charge in [0.05, 0.1) is 17.8 Å². The molecule has 0 radical (unpaired) electrons. The highest BCUT2D eigenvalue weighted by molar-refractivity contribution is 5.97. The number of carboxylic acids is 1. The highest BCUT2D eigenvalue weighted by atomic mass is 16.5. The van der Waals surface area contributed by atoms with Gasteiger partial charge in [-0.2, -0.15) is 5.10 Å². The number of carbonyl (C=O) groups excluding carboxylic acids is 1. The molecule has 2 heterocycles. The topological polar surface area (TPSA) is 93.5 Å². The molecule has 1 aliphatic heterocycles. The number of carboxylic acid groups (broad SMARTS) is 1. The Hall–Kier alpha value is -1.89. The summed E-state index contributed by atoms with van der Waals surface area (Å²) in [5, 5.41) is 15.8. The number of aromatic nitrogens is 2. The Morgan fingerprint density at radius 1 is 1.52 bits per heavy atom. The Morgan fingerprint density at radius 2 is 2.19 bits per heavy atom. The van der Waals surface area contributed by atoms with E-state index >= 15 is 0 Å². The molecule has 116 valence electrons. The van der Waals surface area contributed by atoms with Crippen molar-refractivity contribution in [3.8, 4) is 0 Å². The minimum absolute atomic E-state index is 0.238. The lowest BCUT2D eigenvalue weighted by atomic mass is 10.1. The van der Waals surface area contributed by atoms with E-state index in [1.807, 2.05) is 11.6 Å². The van der Waals surface area contributed by atoms with E-state index in [4.69, 9.17) is 9.84 Å². The summed E-state index contributed by atoms with van der Waals surface area (Å²) in [6.07, 6.45) is 3.59.